The first-order chi connectivity index (χ1) is 10.7. The number of hydrogen-bond acceptors (Lipinski definition) is 2. The van der Waals surface area contributed by atoms with E-state index in [-0.39, 0.29) is 36.1 Å². The number of guanidine groups is 1. The van der Waals surface area contributed by atoms with Crippen molar-refractivity contribution in [2.45, 2.75) is 13.0 Å². The molecule has 0 radical (unpaired) electrons. The van der Waals surface area contributed by atoms with Crippen LogP contribution in [0.1, 0.15) is 11.1 Å². The van der Waals surface area contributed by atoms with Gasteiger partial charge in [0.1, 0.15) is 11.6 Å². The Hall–Kier alpha value is -1.77. The lowest BCUT2D eigenvalue weighted by Crippen LogP contribution is -2.38. The number of nitrogens with zero attached hydrogens (tertiary/aromatic N) is 2. The molecule has 2 rings (SSSR count). The zero-order chi connectivity index (χ0) is 15.8. The number of rotatable bonds is 5. The summed E-state index contributed by atoms with van der Waals surface area (Å²) in [6.45, 7) is 0.827. The molecule has 0 unspecified atom stereocenters. The number of nitrogens with one attached hydrogen (secondary N) is 2. The van der Waals surface area contributed by atoms with E-state index in [1.165, 1.54) is 6.07 Å². The Balaban J connectivity index is 0.00000264. The van der Waals surface area contributed by atoms with Crippen molar-refractivity contribution in [1.82, 2.24) is 15.6 Å². The van der Waals surface area contributed by atoms with Crippen LogP contribution in [0.2, 0.25) is 0 Å². The molecular weight excluding hydrogens is 413 g/mol. The summed E-state index contributed by atoms with van der Waals surface area (Å²) in [5, 5.41) is 6.07. The van der Waals surface area contributed by atoms with E-state index in [9.17, 15) is 8.78 Å². The van der Waals surface area contributed by atoms with Gasteiger partial charge < -0.3 is 10.6 Å². The van der Waals surface area contributed by atoms with Gasteiger partial charge in [0.2, 0.25) is 0 Å². The second-order valence-electron chi connectivity index (χ2n) is 4.70. The number of hydrogen-bond donors (Lipinski definition) is 2. The molecule has 0 fully saturated rings. The van der Waals surface area contributed by atoms with Crippen molar-refractivity contribution < 1.29 is 8.78 Å². The standard InChI is InChI=1S/C16H18F2N4.HI/c1-19-16(21-8-6-12-3-2-7-20-10-12)22-11-13-9-14(17)4-5-15(13)18;/h2-5,7,9-10H,6,8,11H2,1H3,(H2,19,21,22);1H. The lowest BCUT2D eigenvalue weighted by Gasteiger charge is -2.12. The Morgan fingerprint density at radius 2 is 2.04 bits per heavy atom. The van der Waals surface area contributed by atoms with Crippen LogP contribution in [0.5, 0.6) is 0 Å². The third kappa shape index (κ3) is 6.47. The van der Waals surface area contributed by atoms with E-state index in [4.69, 9.17) is 0 Å². The van der Waals surface area contributed by atoms with Crippen molar-refractivity contribution in [3.63, 3.8) is 0 Å². The summed E-state index contributed by atoms with van der Waals surface area (Å²) in [6, 6.07) is 7.26. The van der Waals surface area contributed by atoms with E-state index in [1.54, 1.807) is 19.4 Å². The maximum absolute atomic E-state index is 13.5. The zero-order valence-corrected chi connectivity index (χ0v) is 15.1. The van der Waals surface area contributed by atoms with E-state index in [0.29, 0.717) is 12.5 Å². The Bertz CT molecular complexity index is 635. The smallest absolute Gasteiger partial charge is 0.191 e. The molecule has 7 heteroatoms. The van der Waals surface area contributed by atoms with Crippen LogP contribution < -0.4 is 10.6 Å². The molecule has 0 aliphatic carbocycles. The summed E-state index contributed by atoms with van der Waals surface area (Å²) in [5.41, 5.74) is 1.37. The largest absolute Gasteiger partial charge is 0.356 e. The highest BCUT2D eigenvalue weighted by atomic mass is 127. The first-order valence-electron chi connectivity index (χ1n) is 6.96. The van der Waals surface area contributed by atoms with E-state index < -0.39 is 11.6 Å². The number of pyridine rings is 1. The van der Waals surface area contributed by atoms with Crippen molar-refractivity contribution in [3.05, 3.63) is 65.5 Å². The topological polar surface area (TPSA) is 49.3 Å². The van der Waals surface area contributed by atoms with Gasteiger partial charge in [0.15, 0.2) is 5.96 Å². The van der Waals surface area contributed by atoms with Crippen molar-refractivity contribution >= 4 is 29.9 Å². The van der Waals surface area contributed by atoms with Crippen LogP contribution >= 0.6 is 24.0 Å². The Morgan fingerprint density at radius 1 is 1.22 bits per heavy atom. The molecule has 1 aromatic heterocycles. The van der Waals surface area contributed by atoms with Crippen LogP contribution in [0.25, 0.3) is 0 Å². The predicted octanol–water partition coefficient (Wildman–Crippen LogP) is 2.89. The van der Waals surface area contributed by atoms with Gasteiger partial charge in [0, 0.05) is 38.1 Å². The van der Waals surface area contributed by atoms with Gasteiger partial charge in [-0.3, -0.25) is 9.98 Å². The fourth-order valence-corrected chi connectivity index (χ4v) is 1.95. The van der Waals surface area contributed by atoms with Crippen LogP contribution in [0.3, 0.4) is 0 Å². The van der Waals surface area contributed by atoms with Gasteiger partial charge in [-0.2, -0.15) is 0 Å². The van der Waals surface area contributed by atoms with E-state index in [2.05, 4.69) is 20.6 Å². The Labute approximate surface area is 151 Å². The third-order valence-electron chi connectivity index (χ3n) is 3.11. The van der Waals surface area contributed by atoms with Crippen LogP contribution in [0.15, 0.2) is 47.7 Å². The summed E-state index contributed by atoms with van der Waals surface area (Å²) in [7, 11) is 1.63. The first-order valence-corrected chi connectivity index (χ1v) is 6.96. The number of aromatic nitrogens is 1. The summed E-state index contributed by atoms with van der Waals surface area (Å²) in [4.78, 5) is 8.09. The van der Waals surface area contributed by atoms with E-state index >= 15 is 0 Å². The van der Waals surface area contributed by atoms with Crippen molar-refractivity contribution in [3.8, 4) is 0 Å². The lowest BCUT2D eigenvalue weighted by atomic mass is 10.2. The number of halogens is 3. The average molecular weight is 432 g/mol. The van der Waals surface area contributed by atoms with Gasteiger partial charge >= 0.3 is 0 Å². The van der Waals surface area contributed by atoms with Crippen LogP contribution in [-0.2, 0) is 13.0 Å². The third-order valence-corrected chi connectivity index (χ3v) is 3.11. The molecule has 2 aromatic rings. The van der Waals surface area contributed by atoms with Gasteiger partial charge in [-0.25, -0.2) is 8.78 Å². The molecule has 0 saturated heterocycles. The van der Waals surface area contributed by atoms with Gasteiger partial charge in [0.05, 0.1) is 0 Å². The van der Waals surface area contributed by atoms with Crippen LogP contribution in [0.4, 0.5) is 8.78 Å². The lowest BCUT2D eigenvalue weighted by molar-refractivity contribution is 0.581. The molecule has 1 aromatic carbocycles. The Morgan fingerprint density at radius 3 is 2.74 bits per heavy atom. The van der Waals surface area contributed by atoms with Gasteiger partial charge in [-0.05, 0) is 36.2 Å². The first kappa shape index (κ1) is 19.3. The Kier molecular flexibility index (Phi) is 8.46. The van der Waals surface area contributed by atoms with Crippen LogP contribution in [-0.4, -0.2) is 24.5 Å². The maximum atomic E-state index is 13.5. The molecule has 0 saturated carbocycles. The molecule has 0 aliphatic heterocycles. The highest BCUT2D eigenvalue weighted by Gasteiger charge is 2.05. The van der Waals surface area contributed by atoms with E-state index in [1.807, 2.05) is 12.1 Å². The quantitative estimate of drug-likeness (QED) is 0.434. The van der Waals surface area contributed by atoms with Crippen molar-refractivity contribution in [2.24, 2.45) is 4.99 Å². The highest BCUT2D eigenvalue weighted by molar-refractivity contribution is 14.0. The summed E-state index contributed by atoms with van der Waals surface area (Å²) in [6.07, 6.45) is 4.33. The number of aliphatic imine (C=N–C) groups is 1. The van der Waals surface area contributed by atoms with Gasteiger partial charge in [-0.15, -0.1) is 24.0 Å². The molecule has 4 nitrogen and oxygen atoms in total. The normalized spacial score (nSPS) is 10.8. The molecule has 0 atom stereocenters. The minimum absolute atomic E-state index is 0. The molecule has 0 spiro atoms. The van der Waals surface area contributed by atoms with Crippen LogP contribution in [0, 0.1) is 11.6 Å². The van der Waals surface area contributed by atoms with Gasteiger partial charge in [-0.1, -0.05) is 6.07 Å². The van der Waals surface area contributed by atoms with Gasteiger partial charge in [0.25, 0.3) is 0 Å². The van der Waals surface area contributed by atoms with Crippen molar-refractivity contribution in [1.29, 1.82) is 0 Å². The van der Waals surface area contributed by atoms with E-state index in [0.717, 1.165) is 24.1 Å². The second kappa shape index (κ2) is 10.1. The minimum Gasteiger partial charge on any atom is -0.356 e. The number of benzene rings is 1. The fourth-order valence-electron chi connectivity index (χ4n) is 1.95. The minimum atomic E-state index is -0.460. The molecule has 0 bridgehead atoms. The molecule has 2 N–H and O–H groups in total. The second-order valence-corrected chi connectivity index (χ2v) is 4.70. The molecule has 23 heavy (non-hydrogen) atoms. The fraction of sp³-hybridized carbons (Fsp3) is 0.250. The summed E-state index contributed by atoms with van der Waals surface area (Å²) < 4.78 is 26.6. The maximum Gasteiger partial charge on any atom is 0.191 e. The SMILES string of the molecule is CN=C(NCCc1cccnc1)NCc1cc(F)ccc1F.I. The summed E-state index contributed by atoms with van der Waals surface area (Å²) >= 11 is 0. The van der Waals surface area contributed by atoms with Crippen molar-refractivity contribution in [2.75, 3.05) is 13.6 Å². The molecule has 0 amide bonds. The molecule has 124 valence electrons. The average Bonchev–Trinajstić information content (AvgIpc) is 2.54. The zero-order valence-electron chi connectivity index (χ0n) is 12.7. The highest BCUT2D eigenvalue weighted by Crippen LogP contribution is 2.09. The molecular formula is C16H19F2IN4. The molecule has 1 heterocycles. The summed E-state index contributed by atoms with van der Waals surface area (Å²) in [5.74, 6) is -0.370. The predicted molar refractivity (Wildman–Crippen MR) is 97.9 cm³/mol. The molecule has 0 aliphatic rings. The monoisotopic (exact) mass is 432 g/mol.